The quantitative estimate of drug-likeness (QED) is 0.606. The molecule has 0 unspecified atom stereocenters. The van der Waals surface area contributed by atoms with Gasteiger partial charge in [-0.15, -0.1) is 11.3 Å². The molecule has 8 nitrogen and oxygen atoms in total. The van der Waals surface area contributed by atoms with E-state index in [-0.39, 0.29) is 11.8 Å². The maximum Gasteiger partial charge on any atom is 0.275 e. The second-order valence-electron chi connectivity index (χ2n) is 8.58. The molecule has 2 aliphatic rings. The van der Waals surface area contributed by atoms with Gasteiger partial charge in [0.05, 0.1) is 11.1 Å². The Kier molecular flexibility index (Phi) is 6.11. The van der Waals surface area contributed by atoms with E-state index in [2.05, 4.69) is 26.5 Å². The predicted octanol–water partition coefficient (Wildman–Crippen LogP) is 3.16. The Morgan fingerprint density at radius 3 is 2.76 bits per heavy atom. The molecule has 2 N–H and O–H groups in total. The van der Waals surface area contributed by atoms with Crippen molar-refractivity contribution < 1.29 is 9.59 Å². The molecular weight excluding hydrogens is 436 g/mol. The maximum absolute atomic E-state index is 12.9. The molecular formula is C24H26N6O2S. The van der Waals surface area contributed by atoms with Crippen molar-refractivity contribution >= 4 is 39.1 Å². The molecule has 3 heterocycles. The van der Waals surface area contributed by atoms with Crippen LogP contribution in [0.1, 0.15) is 45.8 Å². The Hall–Kier alpha value is -3.22. The van der Waals surface area contributed by atoms with Crippen LogP contribution in [0.25, 0.3) is 10.9 Å². The number of fused-ring (bicyclic) bond motifs is 2. The van der Waals surface area contributed by atoms with Crippen molar-refractivity contribution in [2.75, 3.05) is 38.0 Å². The average Bonchev–Trinajstić information content (AvgIpc) is 3.43. The second kappa shape index (κ2) is 9.33. The van der Waals surface area contributed by atoms with E-state index in [4.69, 9.17) is 0 Å². The van der Waals surface area contributed by atoms with E-state index >= 15 is 0 Å². The first-order valence-corrected chi connectivity index (χ1v) is 12.2. The molecule has 9 heteroatoms. The summed E-state index contributed by atoms with van der Waals surface area (Å²) >= 11 is 1.56. The minimum atomic E-state index is -0.0633. The number of nitriles is 1. The number of hydrogen-bond donors (Lipinski definition) is 2. The molecule has 33 heavy (non-hydrogen) atoms. The number of benzene rings is 1. The summed E-state index contributed by atoms with van der Waals surface area (Å²) in [5.74, 6) is -0.123. The zero-order valence-corrected chi connectivity index (χ0v) is 19.2. The van der Waals surface area contributed by atoms with Crippen LogP contribution in [0, 0.1) is 11.3 Å². The molecule has 1 saturated heterocycles. The first-order valence-electron chi connectivity index (χ1n) is 11.4. The van der Waals surface area contributed by atoms with Crippen LogP contribution in [0.2, 0.25) is 0 Å². The van der Waals surface area contributed by atoms with Gasteiger partial charge in [0.1, 0.15) is 11.1 Å². The fraction of sp³-hybridized carbons (Fsp3) is 0.417. The average molecular weight is 463 g/mol. The third-order valence-corrected chi connectivity index (χ3v) is 7.73. The number of carbonyl (C=O) groups is 2. The number of aryl methyl sites for hydroxylation is 1. The maximum atomic E-state index is 12.9. The van der Waals surface area contributed by atoms with Crippen molar-refractivity contribution in [3.63, 3.8) is 0 Å². The Balaban J connectivity index is 1.12. The number of nitrogens with zero attached hydrogens (tertiary/aromatic N) is 4. The highest BCUT2D eigenvalue weighted by Crippen LogP contribution is 2.37. The zero-order valence-electron chi connectivity index (χ0n) is 18.4. The van der Waals surface area contributed by atoms with Gasteiger partial charge < -0.3 is 10.2 Å². The van der Waals surface area contributed by atoms with Gasteiger partial charge in [-0.1, -0.05) is 18.2 Å². The van der Waals surface area contributed by atoms with Crippen LogP contribution in [-0.4, -0.2) is 64.5 Å². The number of carbonyl (C=O) groups excluding carboxylic acids is 2. The third kappa shape index (κ3) is 4.36. The lowest BCUT2D eigenvalue weighted by Gasteiger charge is -2.34. The minimum Gasteiger partial charge on any atom is -0.335 e. The SMILES string of the molecule is N#Cc1c(NC(=O)CCN2CCN(C(=O)c3n[nH]c4ccccc34)CC2)sc2c1CCCC2. The van der Waals surface area contributed by atoms with Gasteiger partial charge in [0.15, 0.2) is 5.69 Å². The summed E-state index contributed by atoms with van der Waals surface area (Å²) in [5, 5.41) is 21.2. The molecule has 0 radical (unpaired) electrons. The number of nitrogens with one attached hydrogen (secondary N) is 2. The molecule has 1 aliphatic heterocycles. The van der Waals surface area contributed by atoms with E-state index < -0.39 is 0 Å². The normalized spacial score (nSPS) is 16.4. The number of thiophene rings is 1. The molecule has 0 atom stereocenters. The second-order valence-corrected chi connectivity index (χ2v) is 9.68. The molecule has 1 fully saturated rings. The molecule has 1 aliphatic carbocycles. The highest BCUT2D eigenvalue weighted by Gasteiger charge is 2.26. The van der Waals surface area contributed by atoms with Crippen LogP contribution in [-0.2, 0) is 17.6 Å². The standard InChI is InChI=1S/C24H26N6O2S/c25-15-18-16-5-2-4-8-20(16)33-23(18)26-21(31)9-10-29-11-13-30(14-12-29)24(32)22-17-6-1-3-7-19(17)27-28-22/h1,3,6-7H,2,4-5,8-14H2,(H,26,31)(H,27,28). The lowest BCUT2D eigenvalue weighted by atomic mass is 9.96. The smallest absolute Gasteiger partial charge is 0.275 e. The van der Waals surface area contributed by atoms with E-state index in [0.717, 1.165) is 55.2 Å². The van der Waals surface area contributed by atoms with Crippen LogP contribution in [0.4, 0.5) is 5.00 Å². The van der Waals surface area contributed by atoms with Gasteiger partial charge in [0.2, 0.25) is 5.91 Å². The van der Waals surface area contributed by atoms with E-state index in [1.165, 1.54) is 4.88 Å². The number of amides is 2. The number of rotatable bonds is 5. The summed E-state index contributed by atoms with van der Waals surface area (Å²) in [7, 11) is 0. The lowest BCUT2D eigenvalue weighted by molar-refractivity contribution is -0.116. The molecule has 2 amide bonds. The first-order chi connectivity index (χ1) is 16.1. The van der Waals surface area contributed by atoms with Crippen molar-refractivity contribution in [2.24, 2.45) is 0 Å². The van der Waals surface area contributed by atoms with E-state index in [1.807, 2.05) is 29.2 Å². The van der Waals surface area contributed by atoms with Gasteiger partial charge in [-0.3, -0.25) is 19.6 Å². The van der Waals surface area contributed by atoms with Crippen LogP contribution >= 0.6 is 11.3 Å². The van der Waals surface area contributed by atoms with Gasteiger partial charge >= 0.3 is 0 Å². The molecule has 3 aromatic rings. The number of hydrogen-bond acceptors (Lipinski definition) is 6. The van der Waals surface area contributed by atoms with E-state index in [0.29, 0.717) is 42.3 Å². The molecule has 5 rings (SSSR count). The van der Waals surface area contributed by atoms with Crippen LogP contribution in [0.5, 0.6) is 0 Å². The summed E-state index contributed by atoms with van der Waals surface area (Å²) in [5.41, 5.74) is 3.11. The number of aromatic amines is 1. The molecule has 0 saturated carbocycles. The molecule has 2 aromatic heterocycles. The Morgan fingerprint density at radius 2 is 1.94 bits per heavy atom. The first kappa shape index (κ1) is 21.6. The minimum absolute atomic E-state index is 0.0597. The topological polar surface area (TPSA) is 105 Å². The highest BCUT2D eigenvalue weighted by atomic mass is 32.1. The Labute approximate surface area is 196 Å². The molecule has 1 aromatic carbocycles. The summed E-state index contributed by atoms with van der Waals surface area (Å²) in [4.78, 5) is 30.8. The zero-order chi connectivity index (χ0) is 22.8. The van der Waals surface area contributed by atoms with Gasteiger partial charge in [0.25, 0.3) is 5.91 Å². The number of para-hydroxylation sites is 1. The summed E-state index contributed by atoms with van der Waals surface area (Å²) in [6.07, 6.45) is 4.56. The Bertz CT molecular complexity index is 1230. The van der Waals surface area contributed by atoms with Crippen molar-refractivity contribution in [1.29, 1.82) is 5.26 Å². The van der Waals surface area contributed by atoms with Crippen LogP contribution in [0.3, 0.4) is 0 Å². The predicted molar refractivity (Wildman–Crippen MR) is 127 cm³/mol. The van der Waals surface area contributed by atoms with E-state index in [1.54, 1.807) is 11.3 Å². The monoisotopic (exact) mass is 462 g/mol. The van der Waals surface area contributed by atoms with Gasteiger partial charge in [0, 0.05) is 49.4 Å². The number of H-pyrrole nitrogens is 1. The van der Waals surface area contributed by atoms with Crippen LogP contribution < -0.4 is 5.32 Å². The third-order valence-electron chi connectivity index (χ3n) is 6.52. The fourth-order valence-corrected chi connectivity index (χ4v) is 5.93. The summed E-state index contributed by atoms with van der Waals surface area (Å²) in [6.45, 7) is 3.29. The van der Waals surface area contributed by atoms with Crippen molar-refractivity contribution in [3.05, 3.63) is 46.0 Å². The Morgan fingerprint density at radius 1 is 1.15 bits per heavy atom. The highest BCUT2D eigenvalue weighted by molar-refractivity contribution is 7.16. The van der Waals surface area contributed by atoms with Crippen LogP contribution in [0.15, 0.2) is 24.3 Å². The van der Waals surface area contributed by atoms with Crippen molar-refractivity contribution in [2.45, 2.75) is 32.1 Å². The molecule has 0 bridgehead atoms. The van der Waals surface area contributed by atoms with Crippen molar-refractivity contribution in [3.8, 4) is 6.07 Å². The number of anilines is 1. The van der Waals surface area contributed by atoms with E-state index in [9.17, 15) is 14.9 Å². The fourth-order valence-electron chi connectivity index (χ4n) is 4.67. The summed E-state index contributed by atoms with van der Waals surface area (Å²) in [6, 6.07) is 9.93. The van der Waals surface area contributed by atoms with Gasteiger partial charge in [-0.25, -0.2) is 0 Å². The van der Waals surface area contributed by atoms with Crippen molar-refractivity contribution in [1.82, 2.24) is 20.0 Å². The number of piperazine rings is 1. The van der Waals surface area contributed by atoms with Gasteiger partial charge in [-0.05, 0) is 37.3 Å². The largest absolute Gasteiger partial charge is 0.335 e. The molecule has 170 valence electrons. The molecule has 0 spiro atoms. The summed E-state index contributed by atoms with van der Waals surface area (Å²) < 4.78 is 0. The number of aromatic nitrogens is 2. The lowest BCUT2D eigenvalue weighted by Crippen LogP contribution is -2.49. The van der Waals surface area contributed by atoms with Gasteiger partial charge in [-0.2, -0.15) is 10.4 Å².